The zero-order valence-corrected chi connectivity index (χ0v) is 33.7. The van der Waals surface area contributed by atoms with Crippen LogP contribution in [0.1, 0.15) is 17.5 Å². The number of para-hydroxylation sites is 1. The maximum atomic E-state index is 2.41. The first-order chi connectivity index (χ1) is 30.2. The molecule has 0 atom stereocenters. The monoisotopic (exact) mass is 778 g/mol. The van der Waals surface area contributed by atoms with E-state index in [4.69, 9.17) is 0 Å². The third-order valence-corrected chi connectivity index (χ3v) is 12.0. The van der Waals surface area contributed by atoms with Crippen LogP contribution in [0.4, 0.5) is 17.1 Å². The van der Waals surface area contributed by atoms with E-state index in [1.165, 1.54) is 71.9 Å². The molecule has 0 fully saturated rings. The summed E-state index contributed by atoms with van der Waals surface area (Å²) in [6, 6.07) is 79.3. The fourth-order valence-electron chi connectivity index (χ4n) is 8.88. The second-order valence-corrected chi connectivity index (χ2v) is 15.7. The van der Waals surface area contributed by atoms with Gasteiger partial charge in [0.1, 0.15) is 0 Å². The number of hydrogen-bond acceptors (Lipinski definition) is 1. The minimum Gasteiger partial charge on any atom is -0.310 e. The number of allylic oxidation sites excluding steroid dienone is 2. The van der Waals surface area contributed by atoms with E-state index in [-0.39, 0.29) is 0 Å². The molecule has 0 saturated carbocycles. The zero-order valence-electron chi connectivity index (χ0n) is 33.7. The molecule has 1 heterocycles. The molecular weight excluding hydrogens is 737 g/mol. The molecule has 2 nitrogen and oxygen atoms in total. The van der Waals surface area contributed by atoms with Crippen LogP contribution in [-0.4, -0.2) is 4.57 Å². The number of nitrogens with zero attached hydrogens (tertiary/aromatic N) is 2. The highest BCUT2D eigenvalue weighted by molar-refractivity contribution is 6.10. The van der Waals surface area contributed by atoms with Gasteiger partial charge >= 0.3 is 0 Å². The molecule has 0 spiro atoms. The Morgan fingerprint density at radius 1 is 0.311 bits per heavy atom. The summed E-state index contributed by atoms with van der Waals surface area (Å²) >= 11 is 0. The highest BCUT2D eigenvalue weighted by Crippen LogP contribution is 2.40. The van der Waals surface area contributed by atoms with Gasteiger partial charge in [0.15, 0.2) is 0 Å². The third kappa shape index (κ3) is 6.94. The van der Waals surface area contributed by atoms with Crippen LogP contribution < -0.4 is 4.90 Å². The Labute approximate surface area is 357 Å². The molecule has 1 aliphatic carbocycles. The van der Waals surface area contributed by atoms with Gasteiger partial charge in [0, 0.05) is 33.5 Å². The number of anilines is 3. The Kier molecular flexibility index (Phi) is 9.29. The van der Waals surface area contributed by atoms with Crippen molar-refractivity contribution in [2.75, 3.05) is 4.90 Å². The number of rotatable bonds is 8. The molecule has 9 aromatic carbocycles. The first-order valence-electron chi connectivity index (χ1n) is 21.1. The molecule has 1 aromatic heterocycles. The molecule has 0 unspecified atom stereocenters. The van der Waals surface area contributed by atoms with Crippen LogP contribution in [0, 0.1) is 0 Å². The quantitative estimate of drug-likeness (QED) is 0.149. The summed E-state index contributed by atoms with van der Waals surface area (Å²) in [6.07, 6.45) is 9.95. The van der Waals surface area contributed by atoms with E-state index >= 15 is 0 Å². The van der Waals surface area contributed by atoms with Gasteiger partial charge in [-0.15, -0.1) is 0 Å². The van der Waals surface area contributed by atoms with Gasteiger partial charge in [-0.3, -0.25) is 0 Å². The van der Waals surface area contributed by atoms with Crippen LogP contribution in [0.2, 0.25) is 0 Å². The molecule has 0 N–H and O–H groups in total. The second-order valence-electron chi connectivity index (χ2n) is 15.7. The van der Waals surface area contributed by atoms with Gasteiger partial charge in [0.05, 0.1) is 11.0 Å². The summed E-state index contributed by atoms with van der Waals surface area (Å²) in [7, 11) is 0. The molecule has 11 rings (SSSR count). The molecular formula is C59H42N2. The average Bonchev–Trinajstić information content (AvgIpc) is 3.46. The molecule has 288 valence electrons. The van der Waals surface area contributed by atoms with E-state index in [2.05, 4.69) is 252 Å². The predicted molar refractivity (Wildman–Crippen MR) is 260 cm³/mol. The summed E-state index contributed by atoms with van der Waals surface area (Å²) in [5.74, 6) is 0. The number of hydrogen-bond donors (Lipinski definition) is 0. The van der Waals surface area contributed by atoms with Crippen LogP contribution in [0.15, 0.2) is 231 Å². The van der Waals surface area contributed by atoms with Crippen molar-refractivity contribution in [1.29, 1.82) is 0 Å². The van der Waals surface area contributed by atoms with Crippen molar-refractivity contribution < 1.29 is 0 Å². The van der Waals surface area contributed by atoms with Gasteiger partial charge < -0.3 is 9.47 Å². The first kappa shape index (κ1) is 36.2. The van der Waals surface area contributed by atoms with Gasteiger partial charge in [-0.2, -0.15) is 0 Å². The van der Waals surface area contributed by atoms with Gasteiger partial charge in [-0.1, -0.05) is 176 Å². The SMILES string of the molecule is C1=Cc2cc3c4ccccc4n(-c4ccc(-c5cccc(N(c6ccc(-c7ccccc7)cc6)c6ccc(-c7ccc(-c8ccccc8)cc7)cc6)c5)cc4)c3cc2C=CC1. The van der Waals surface area contributed by atoms with Crippen molar-refractivity contribution in [3.8, 4) is 50.2 Å². The summed E-state index contributed by atoms with van der Waals surface area (Å²) < 4.78 is 2.41. The third-order valence-electron chi connectivity index (χ3n) is 12.0. The van der Waals surface area contributed by atoms with Gasteiger partial charge in [0.25, 0.3) is 0 Å². The second kappa shape index (κ2) is 15.7. The lowest BCUT2D eigenvalue weighted by molar-refractivity contribution is 1.18. The minimum atomic E-state index is 0.956. The molecule has 61 heavy (non-hydrogen) atoms. The topological polar surface area (TPSA) is 8.17 Å². The zero-order chi connectivity index (χ0) is 40.5. The molecule has 0 amide bonds. The fraction of sp³-hybridized carbons (Fsp3) is 0.0169. The van der Waals surface area contributed by atoms with Crippen LogP contribution in [-0.2, 0) is 0 Å². The normalized spacial score (nSPS) is 12.1. The van der Waals surface area contributed by atoms with E-state index in [0.29, 0.717) is 0 Å². The smallest absolute Gasteiger partial charge is 0.0547 e. The summed E-state index contributed by atoms with van der Waals surface area (Å²) in [5.41, 5.74) is 19.0. The van der Waals surface area contributed by atoms with Crippen molar-refractivity contribution in [1.82, 2.24) is 4.57 Å². The lowest BCUT2D eigenvalue weighted by Crippen LogP contribution is -2.10. The maximum absolute atomic E-state index is 2.41. The van der Waals surface area contributed by atoms with Crippen LogP contribution in [0.25, 0.3) is 84.2 Å². The number of benzene rings is 9. The summed E-state index contributed by atoms with van der Waals surface area (Å²) in [4.78, 5) is 2.36. The molecule has 0 radical (unpaired) electrons. The Morgan fingerprint density at radius 2 is 0.770 bits per heavy atom. The Morgan fingerprint density at radius 3 is 1.36 bits per heavy atom. The number of fused-ring (bicyclic) bond motifs is 4. The minimum absolute atomic E-state index is 0.956. The molecule has 1 aliphatic rings. The van der Waals surface area contributed by atoms with Gasteiger partial charge in [-0.25, -0.2) is 0 Å². The predicted octanol–water partition coefficient (Wildman–Crippen LogP) is 16.4. The van der Waals surface area contributed by atoms with Crippen molar-refractivity contribution in [2.24, 2.45) is 0 Å². The maximum Gasteiger partial charge on any atom is 0.0547 e. The lowest BCUT2D eigenvalue weighted by Gasteiger charge is -2.26. The van der Waals surface area contributed by atoms with Gasteiger partial charge in [-0.05, 0) is 129 Å². The van der Waals surface area contributed by atoms with E-state index in [1.807, 2.05) is 0 Å². The van der Waals surface area contributed by atoms with E-state index in [9.17, 15) is 0 Å². The summed E-state index contributed by atoms with van der Waals surface area (Å²) in [6.45, 7) is 0. The van der Waals surface area contributed by atoms with E-state index in [0.717, 1.165) is 34.7 Å². The molecule has 0 saturated heterocycles. The summed E-state index contributed by atoms with van der Waals surface area (Å²) in [5, 5.41) is 2.54. The fourth-order valence-corrected chi connectivity index (χ4v) is 8.88. The molecule has 0 aliphatic heterocycles. The highest BCUT2D eigenvalue weighted by atomic mass is 15.1. The van der Waals surface area contributed by atoms with Gasteiger partial charge in [0.2, 0.25) is 0 Å². The Bertz CT molecular complexity index is 3210. The van der Waals surface area contributed by atoms with Crippen LogP contribution >= 0.6 is 0 Å². The Hall–Kier alpha value is -7.94. The standard InChI is InChI=1S/C59H42N2/c1-4-13-42(14-5-1)44-23-25-45(26-24-44)47-29-35-53(36-30-47)60(52-33-27-46(28-34-52)43-15-6-2-7-16-43)55-20-12-19-49(39-55)48-31-37-54(38-32-48)61-58-22-11-10-21-56(58)57-40-50-17-8-3-9-18-51(50)41-59(57)61/h1-2,4-41H,3H2. The number of aromatic nitrogens is 1. The average molecular weight is 779 g/mol. The van der Waals surface area contributed by atoms with Crippen molar-refractivity contribution in [3.05, 3.63) is 242 Å². The van der Waals surface area contributed by atoms with Crippen LogP contribution in [0.5, 0.6) is 0 Å². The molecule has 0 bridgehead atoms. The Balaban J connectivity index is 0.949. The van der Waals surface area contributed by atoms with Crippen LogP contribution in [0.3, 0.4) is 0 Å². The largest absolute Gasteiger partial charge is 0.310 e. The molecule has 10 aromatic rings. The highest BCUT2D eigenvalue weighted by Gasteiger charge is 2.17. The molecule has 2 heteroatoms. The van der Waals surface area contributed by atoms with Crippen molar-refractivity contribution >= 4 is 51.0 Å². The lowest BCUT2D eigenvalue weighted by atomic mass is 10.00. The van der Waals surface area contributed by atoms with Crippen molar-refractivity contribution in [2.45, 2.75) is 6.42 Å². The van der Waals surface area contributed by atoms with Crippen molar-refractivity contribution in [3.63, 3.8) is 0 Å². The van der Waals surface area contributed by atoms with E-state index in [1.54, 1.807) is 0 Å². The van der Waals surface area contributed by atoms with E-state index < -0.39 is 0 Å². The first-order valence-corrected chi connectivity index (χ1v) is 21.1.